The predicted octanol–water partition coefficient (Wildman–Crippen LogP) is 0.810. The zero-order valence-electron chi connectivity index (χ0n) is 13.7. The van der Waals surface area contributed by atoms with E-state index in [9.17, 15) is 18.0 Å². The Kier molecular flexibility index (Phi) is 4.21. The second-order valence-corrected chi connectivity index (χ2v) is 7.16. The van der Waals surface area contributed by atoms with Crippen molar-refractivity contribution in [3.8, 4) is 0 Å². The van der Waals surface area contributed by atoms with Crippen LogP contribution in [-0.2, 0) is 24.1 Å². The van der Waals surface area contributed by atoms with E-state index >= 15 is 0 Å². The van der Waals surface area contributed by atoms with Crippen LogP contribution < -0.4 is 16.0 Å². The number of aromatic nitrogens is 2. The third kappa shape index (κ3) is 2.94. The van der Waals surface area contributed by atoms with Gasteiger partial charge in [-0.2, -0.15) is 0 Å². The maximum atomic E-state index is 12.7. The minimum atomic E-state index is -4.12. The fourth-order valence-electron chi connectivity index (χ4n) is 2.27. The van der Waals surface area contributed by atoms with Gasteiger partial charge in [0, 0.05) is 19.8 Å². The number of anilines is 1. The van der Waals surface area contributed by atoms with Crippen LogP contribution in [0.25, 0.3) is 0 Å². The molecule has 0 bridgehead atoms. The quantitative estimate of drug-likeness (QED) is 0.897. The number of aryl methyl sites for hydroxylation is 2. The molecule has 0 aliphatic heterocycles. The van der Waals surface area contributed by atoms with Crippen LogP contribution in [0, 0.1) is 20.8 Å². The molecule has 0 spiro atoms. The molecule has 1 heterocycles. The van der Waals surface area contributed by atoms with E-state index in [0.717, 1.165) is 20.3 Å². The third-order valence-corrected chi connectivity index (χ3v) is 5.31. The molecule has 0 fully saturated rings. The zero-order chi connectivity index (χ0) is 17.5. The molecule has 23 heavy (non-hydrogen) atoms. The second kappa shape index (κ2) is 5.69. The Morgan fingerprint density at radius 2 is 1.61 bits per heavy atom. The fourth-order valence-corrected chi connectivity index (χ4v) is 3.77. The molecule has 0 aliphatic carbocycles. The highest BCUT2D eigenvalue weighted by atomic mass is 32.2. The minimum absolute atomic E-state index is 0.0934. The topological polar surface area (TPSA) is 90.2 Å². The van der Waals surface area contributed by atoms with Crippen LogP contribution in [0.4, 0.5) is 5.69 Å². The Bertz CT molecular complexity index is 1000. The molecule has 8 heteroatoms. The van der Waals surface area contributed by atoms with Gasteiger partial charge in [-0.3, -0.25) is 18.7 Å². The van der Waals surface area contributed by atoms with Crippen LogP contribution in [0.2, 0.25) is 0 Å². The van der Waals surface area contributed by atoms with E-state index in [-0.39, 0.29) is 5.69 Å². The van der Waals surface area contributed by atoms with Crippen LogP contribution in [0.15, 0.2) is 32.7 Å². The summed E-state index contributed by atoms with van der Waals surface area (Å²) >= 11 is 0. The molecule has 0 unspecified atom stereocenters. The molecule has 7 nitrogen and oxygen atoms in total. The molecule has 0 aliphatic rings. The first kappa shape index (κ1) is 17.0. The zero-order valence-corrected chi connectivity index (χ0v) is 14.5. The summed E-state index contributed by atoms with van der Waals surface area (Å²) in [4.78, 5) is 23.7. The smallest absolute Gasteiger partial charge is 0.300 e. The normalized spacial score (nSPS) is 11.5. The molecule has 2 rings (SSSR count). The molecule has 0 saturated heterocycles. The average Bonchev–Trinajstić information content (AvgIpc) is 2.46. The van der Waals surface area contributed by atoms with Gasteiger partial charge in [0.2, 0.25) is 0 Å². The highest BCUT2D eigenvalue weighted by Gasteiger charge is 2.25. The number of rotatable bonds is 3. The predicted molar refractivity (Wildman–Crippen MR) is 88.4 cm³/mol. The first-order valence-corrected chi connectivity index (χ1v) is 8.41. The second-order valence-electron chi connectivity index (χ2n) is 5.54. The lowest BCUT2D eigenvalue weighted by Crippen LogP contribution is -2.42. The molecule has 0 radical (unpaired) electrons. The van der Waals surface area contributed by atoms with Gasteiger partial charge in [-0.15, -0.1) is 0 Å². The molecule has 1 aromatic heterocycles. The molecular formula is C15H19N3O4S. The summed E-state index contributed by atoms with van der Waals surface area (Å²) in [5.41, 5.74) is 0.703. The molecule has 0 amide bonds. The van der Waals surface area contributed by atoms with Gasteiger partial charge in [0.1, 0.15) is 0 Å². The largest absolute Gasteiger partial charge is 0.330 e. The van der Waals surface area contributed by atoms with Crippen molar-refractivity contribution < 1.29 is 8.42 Å². The summed E-state index contributed by atoms with van der Waals surface area (Å²) in [6, 6.07) is 5.34. The maximum absolute atomic E-state index is 12.7. The monoisotopic (exact) mass is 337 g/mol. The lowest BCUT2D eigenvalue weighted by molar-refractivity contribution is 0.583. The Labute approximate surface area is 134 Å². The van der Waals surface area contributed by atoms with Crippen LogP contribution >= 0.6 is 0 Å². The van der Waals surface area contributed by atoms with E-state index in [1.54, 1.807) is 19.1 Å². The minimum Gasteiger partial charge on any atom is -0.300 e. The standard InChI is InChI=1S/C15H19N3O4S/c1-9-6-7-10(2)12(8-9)16-23(21,22)13-11(3)17(4)15(20)18(5)14(13)19/h6-8,16H,1-5H3. The van der Waals surface area contributed by atoms with Crippen molar-refractivity contribution in [2.45, 2.75) is 25.7 Å². The third-order valence-electron chi connectivity index (χ3n) is 3.81. The molecule has 1 aromatic carbocycles. The molecular weight excluding hydrogens is 318 g/mol. The van der Waals surface area contributed by atoms with Gasteiger partial charge >= 0.3 is 5.69 Å². The van der Waals surface area contributed by atoms with Gasteiger partial charge < -0.3 is 0 Å². The lowest BCUT2D eigenvalue weighted by atomic mass is 10.1. The van der Waals surface area contributed by atoms with Crippen molar-refractivity contribution in [3.05, 3.63) is 55.9 Å². The Morgan fingerprint density at radius 1 is 1.00 bits per heavy atom. The van der Waals surface area contributed by atoms with Gasteiger partial charge in [0.15, 0.2) is 4.90 Å². The van der Waals surface area contributed by atoms with Crippen LogP contribution in [0.1, 0.15) is 16.8 Å². The molecule has 0 saturated carbocycles. The maximum Gasteiger partial charge on any atom is 0.330 e. The lowest BCUT2D eigenvalue weighted by Gasteiger charge is -2.15. The Hall–Kier alpha value is -2.35. The van der Waals surface area contributed by atoms with E-state index in [0.29, 0.717) is 5.69 Å². The van der Waals surface area contributed by atoms with Gasteiger partial charge in [0.05, 0.1) is 5.69 Å². The van der Waals surface area contributed by atoms with Crippen LogP contribution in [-0.4, -0.2) is 17.6 Å². The molecule has 124 valence electrons. The van der Waals surface area contributed by atoms with Crippen molar-refractivity contribution >= 4 is 15.7 Å². The van der Waals surface area contributed by atoms with Gasteiger partial charge in [0.25, 0.3) is 15.6 Å². The van der Waals surface area contributed by atoms with E-state index in [1.807, 2.05) is 13.0 Å². The first-order valence-electron chi connectivity index (χ1n) is 6.93. The number of hydrogen-bond donors (Lipinski definition) is 1. The fraction of sp³-hybridized carbons (Fsp3) is 0.333. The van der Waals surface area contributed by atoms with E-state index in [1.165, 1.54) is 21.0 Å². The van der Waals surface area contributed by atoms with E-state index in [2.05, 4.69) is 4.72 Å². The van der Waals surface area contributed by atoms with Crippen molar-refractivity contribution in [1.82, 2.24) is 9.13 Å². The summed E-state index contributed by atoms with van der Waals surface area (Å²) in [6.45, 7) is 5.04. The van der Waals surface area contributed by atoms with Gasteiger partial charge in [-0.25, -0.2) is 13.2 Å². The van der Waals surface area contributed by atoms with Gasteiger partial charge in [-0.05, 0) is 38.0 Å². The highest BCUT2D eigenvalue weighted by Crippen LogP contribution is 2.20. The molecule has 2 aromatic rings. The Balaban J connectivity index is 2.69. The van der Waals surface area contributed by atoms with Gasteiger partial charge in [-0.1, -0.05) is 12.1 Å². The van der Waals surface area contributed by atoms with Crippen LogP contribution in [0.5, 0.6) is 0 Å². The van der Waals surface area contributed by atoms with Crippen molar-refractivity contribution in [2.75, 3.05) is 4.72 Å². The number of sulfonamides is 1. The number of hydrogen-bond acceptors (Lipinski definition) is 4. The first-order chi connectivity index (χ1) is 10.6. The number of benzene rings is 1. The number of nitrogens with zero attached hydrogens (tertiary/aromatic N) is 2. The van der Waals surface area contributed by atoms with Crippen molar-refractivity contribution in [3.63, 3.8) is 0 Å². The highest BCUT2D eigenvalue weighted by molar-refractivity contribution is 7.92. The summed E-state index contributed by atoms with van der Waals surface area (Å²) in [5, 5.41) is 0. The van der Waals surface area contributed by atoms with Crippen LogP contribution in [0.3, 0.4) is 0 Å². The number of nitrogens with one attached hydrogen (secondary N) is 1. The van der Waals surface area contributed by atoms with E-state index < -0.39 is 26.2 Å². The average molecular weight is 337 g/mol. The SMILES string of the molecule is Cc1ccc(C)c(NS(=O)(=O)c2c(C)n(C)c(=O)n(C)c2=O)c1. The Morgan fingerprint density at radius 3 is 2.22 bits per heavy atom. The summed E-state index contributed by atoms with van der Waals surface area (Å²) < 4.78 is 29.7. The van der Waals surface area contributed by atoms with E-state index in [4.69, 9.17) is 0 Å². The summed E-state index contributed by atoms with van der Waals surface area (Å²) in [6.07, 6.45) is 0. The van der Waals surface area contributed by atoms with Crippen molar-refractivity contribution in [2.24, 2.45) is 14.1 Å². The summed E-state index contributed by atoms with van der Waals surface area (Å²) in [5.74, 6) is 0. The van der Waals surface area contributed by atoms with Crippen molar-refractivity contribution in [1.29, 1.82) is 0 Å². The summed E-state index contributed by atoms with van der Waals surface area (Å²) in [7, 11) is -1.44. The molecule has 0 atom stereocenters. The molecule has 1 N–H and O–H groups in total.